The van der Waals surface area contributed by atoms with Crippen LogP contribution < -0.4 is 0 Å². The van der Waals surface area contributed by atoms with Crippen molar-refractivity contribution in [3.8, 4) is 0 Å². The summed E-state index contributed by atoms with van der Waals surface area (Å²) in [5, 5.41) is 0.190. The van der Waals surface area contributed by atoms with Crippen molar-refractivity contribution >= 4 is 27.5 Å². The number of sulfonamides is 1. The van der Waals surface area contributed by atoms with Gasteiger partial charge in [-0.2, -0.15) is 4.31 Å². The summed E-state index contributed by atoms with van der Waals surface area (Å²) in [7, 11) is -3.75. The van der Waals surface area contributed by atoms with Crippen LogP contribution in [0.25, 0.3) is 0 Å². The molecule has 0 spiro atoms. The van der Waals surface area contributed by atoms with E-state index >= 15 is 0 Å². The Labute approximate surface area is 182 Å². The van der Waals surface area contributed by atoms with Crippen LogP contribution in [0.4, 0.5) is 4.39 Å². The molecule has 2 atom stereocenters. The molecule has 2 unspecified atom stereocenters. The van der Waals surface area contributed by atoms with Crippen molar-refractivity contribution in [2.24, 2.45) is 5.92 Å². The first-order valence-corrected chi connectivity index (χ1v) is 12.3. The number of rotatable bonds is 4. The molecule has 2 heterocycles. The highest BCUT2D eigenvalue weighted by molar-refractivity contribution is 7.89. The van der Waals surface area contributed by atoms with E-state index in [1.807, 2.05) is 11.0 Å². The quantitative estimate of drug-likeness (QED) is 0.684. The van der Waals surface area contributed by atoms with Crippen molar-refractivity contribution in [3.63, 3.8) is 0 Å². The third-order valence-corrected chi connectivity index (χ3v) is 8.65. The average molecular weight is 453 g/mol. The summed E-state index contributed by atoms with van der Waals surface area (Å²) in [6.07, 6.45) is 7.42. The van der Waals surface area contributed by atoms with E-state index < -0.39 is 10.0 Å². The molecule has 0 N–H and O–H groups in total. The zero-order valence-corrected chi connectivity index (χ0v) is 18.3. The molecule has 5 nitrogen and oxygen atoms in total. The second-order valence-corrected chi connectivity index (χ2v) is 10.5. The zero-order chi connectivity index (χ0) is 21.3. The summed E-state index contributed by atoms with van der Waals surface area (Å²) in [6, 6.07) is 6.40. The number of likely N-dealkylation sites (tertiary alicyclic amines) is 1. The highest BCUT2D eigenvalue weighted by Crippen LogP contribution is 2.34. The molecule has 1 aromatic rings. The molecule has 30 heavy (non-hydrogen) atoms. The number of amides is 1. The van der Waals surface area contributed by atoms with Gasteiger partial charge in [-0.25, -0.2) is 12.8 Å². The van der Waals surface area contributed by atoms with Crippen LogP contribution in [0.2, 0.25) is 5.02 Å². The van der Waals surface area contributed by atoms with Gasteiger partial charge < -0.3 is 4.90 Å². The SMILES string of the molecule is O=C(C1CCCN(S(=O)(=O)c2ccccc2Cl)C1)N1CCCC1C1=CC=C(F)CC1. The standard InChI is InChI=1S/C22H26ClFN2O3S/c23-19-6-1-2-8-21(19)30(28,29)25-13-3-5-17(15-25)22(27)26-14-4-7-20(26)16-9-11-18(24)12-10-16/h1-2,6,8-9,11,17,20H,3-5,7,10,12-15H2. The Balaban J connectivity index is 1.50. The lowest BCUT2D eigenvalue weighted by molar-refractivity contribution is -0.137. The first-order chi connectivity index (χ1) is 14.4. The number of halogens is 2. The first-order valence-electron chi connectivity index (χ1n) is 10.5. The lowest BCUT2D eigenvalue weighted by atomic mass is 9.93. The molecule has 2 aliphatic heterocycles. The Morgan fingerprint density at radius 2 is 1.83 bits per heavy atom. The molecular weight excluding hydrogens is 427 g/mol. The molecule has 0 radical (unpaired) electrons. The molecule has 0 bridgehead atoms. The van der Waals surface area contributed by atoms with Gasteiger partial charge in [-0.15, -0.1) is 0 Å². The van der Waals surface area contributed by atoms with Gasteiger partial charge >= 0.3 is 0 Å². The highest BCUT2D eigenvalue weighted by atomic mass is 35.5. The van der Waals surface area contributed by atoms with E-state index in [1.54, 1.807) is 18.2 Å². The average Bonchev–Trinajstić information content (AvgIpc) is 3.24. The van der Waals surface area contributed by atoms with Crippen molar-refractivity contribution in [2.75, 3.05) is 19.6 Å². The maximum Gasteiger partial charge on any atom is 0.244 e. The van der Waals surface area contributed by atoms with Crippen LogP contribution >= 0.6 is 11.6 Å². The van der Waals surface area contributed by atoms with E-state index in [-0.39, 0.29) is 40.2 Å². The summed E-state index contributed by atoms with van der Waals surface area (Å²) in [4.78, 5) is 15.3. The number of carbonyl (C=O) groups is 1. The molecule has 162 valence electrons. The molecule has 1 amide bonds. The van der Waals surface area contributed by atoms with Gasteiger partial charge in [-0.3, -0.25) is 4.79 Å². The normalized spacial score (nSPS) is 25.7. The maximum absolute atomic E-state index is 13.4. The van der Waals surface area contributed by atoms with Gasteiger partial charge in [0.2, 0.25) is 15.9 Å². The smallest absolute Gasteiger partial charge is 0.244 e. The molecule has 0 saturated carbocycles. The summed E-state index contributed by atoms with van der Waals surface area (Å²) < 4.78 is 41.0. The van der Waals surface area contributed by atoms with E-state index in [4.69, 9.17) is 11.6 Å². The third kappa shape index (κ3) is 4.20. The predicted molar refractivity (Wildman–Crippen MR) is 114 cm³/mol. The zero-order valence-electron chi connectivity index (χ0n) is 16.8. The summed E-state index contributed by atoms with van der Waals surface area (Å²) >= 11 is 6.13. The van der Waals surface area contributed by atoms with Crippen LogP contribution in [0.3, 0.4) is 0 Å². The molecule has 1 aromatic carbocycles. The Kier molecular flexibility index (Phi) is 6.32. The molecule has 8 heteroatoms. The molecule has 2 saturated heterocycles. The van der Waals surface area contributed by atoms with Crippen molar-refractivity contribution in [2.45, 2.75) is 49.5 Å². The highest BCUT2D eigenvalue weighted by Gasteiger charge is 2.39. The molecule has 0 aromatic heterocycles. The number of allylic oxidation sites excluding steroid dienone is 3. The Morgan fingerprint density at radius 1 is 1.07 bits per heavy atom. The third-order valence-electron chi connectivity index (χ3n) is 6.28. The van der Waals surface area contributed by atoms with Crippen LogP contribution in [-0.4, -0.2) is 49.2 Å². The van der Waals surface area contributed by atoms with Gasteiger partial charge in [0.05, 0.1) is 17.0 Å². The minimum Gasteiger partial charge on any atom is -0.336 e. The van der Waals surface area contributed by atoms with Gasteiger partial charge in [0.25, 0.3) is 0 Å². The molecule has 1 aliphatic carbocycles. The van der Waals surface area contributed by atoms with Crippen molar-refractivity contribution in [3.05, 3.63) is 52.8 Å². The monoisotopic (exact) mass is 452 g/mol. The number of hydrogen-bond donors (Lipinski definition) is 0. The Morgan fingerprint density at radius 3 is 2.57 bits per heavy atom. The minimum absolute atomic E-state index is 0.00241. The van der Waals surface area contributed by atoms with Gasteiger partial charge in [0, 0.05) is 26.1 Å². The van der Waals surface area contributed by atoms with Crippen LogP contribution in [0.15, 0.2) is 52.7 Å². The van der Waals surface area contributed by atoms with E-state index in [0.717, 1.165) is 18.4 Å². The number of carbonyl (C=O) groups excluding carboxylic acids is 1. The van der Waals surface area contributed by atoms with Gasteiger partial charge in [0.15, 0.2) is 0 Å². The fraction of sp³-hybridized carbons (Fsp3) is 0.500. The second-order valence-electron chi connectivity index (χ2n) is 8.18. The predicted octanol–water partition coefficient (Wildman–Crippen LogP) is 4.31. The molecular formula is C22H26ClFN2O3S. The van der Waals surface area contributed by atoms with E-state index in [2.05, 4.69) is 0 Å². The molecule has 3 aliphatic rings. The molecule has 4 rings (SSSR count). The molecule has 2 fully saturated rings. The van der Waals surface area contributed by atoms with Gasteiger partial charge in [-0.1, -0.05) is 29.8 Å². The number of nitrogens with zero attached hydrogens (tertiary/aromatic N) is 2. The van der Waals surface area contributed by atoms with Crippen molar-refractivity contribution in [1.29, 1.82) is 0 Å². The fourth-order valence-electron chi connectivity index (χ4n) is 4.71. The summed E-state index contributed by atoms with van der Waals surface area (Å²) in [5.41, 5.74) is 1.10. The van der Waals surface area contributed by atoms with Crippen molar-refractivity contribution < 1.29 is 17.6 Å². The maximum atomic E-state index is 13.4. The number of hydrogen-bond acceptors (Lipinski definition) is 3. The van der Waals surface area contributed by atoms with Gasteiger partial charge in [0.1, 0.15) is 10.7 Å². The van der Waals surface area contributed by atoms with E-state index in [9.17, 15) is 17.6 Å². The van der Waals surface area contributed by atoms with Crippen LogP contribution in [0, 0.1) is 5.92 Å². The fourth-order valence-corrected chi connectivity index (χ4v) is 6.73. The number of benzene rings is 1. The summed E-state index contributed by atoms with van der Waals surface area (Å²) in [6.45, 7) is 1.22. The lowest BCUT2D eigenvalue weighted by Crippen LogP contribution is -2.48. The first kappa shape index (κ1) is 21.5. The Bertz CT molecular complexity index is 992. The number of piperidine rings is 1. The van der Waals surface area contributed by atoms with Crippen molar-refractivity contribution in [1.82, 2.24) is 9.21 Å². The Hall–Kier alpha value is -1.70. The van der Waals surface area contributed by atoms with Crippen LogP contribution in [0.5, 0.6) is 0 Å². The largest absolute Gasteiger partial charge is 0.336 e. The minimum atomic E-state index is -3.75. The summed E-state index contributed by atoms with van der Waals surface area (Å²) in [5.74, 6) is -0.483. The van der Waals surface area contributed by atoms with E-state index in [1.165, 1.54) is 16.4 Å². The van der Waals surface area contributed by atoms with Crippen LogP contribution in [-0.2, 0) is 14.8 Å². The topological polar surface area (TPSA) is 57.7 Å². The lowest BCUT2D eigenvalue weighted by Gasteiger charge is -2.36. The van der Waals surface area contributed by atoms with E-state index in [0.29, 0.717) is 38.8 Å². The second kappa shape index (κ2) is 8.81. The van der Waals surface area contributed by atoms with Crippen LogP contribution in [0.1, 0.15) is 38.5 Å². The van der Waals surface area contributed by atoms with Gasteiger partial charge in [-0.05, 0) is 55.9 Å².